The van der Waals surface area contributed by atoms with Crippen molar-refractivity contribution in [3.63, 3.8) is 0 Å². The van der Waals surface area contributed by atoms with Crippen LogP contribution in [0.4, 0.5) is 26.3 Å². The number of nitrogens with zero attached hydrogens (tertiary/aromatic N) is 3. The normalized spacial score (nSPS) is 17.0. The molecule has 0 aliphatic carbocycles. The van der Waals surface area contributed by atoms with Crippen LogP contribution in [0, 0.1) is 0 Å². The molecule has 0 spiro atoms. The molecule has 35 heavy (non-hydrogen) atoms. The highest BCUT2D eigenvalue weighted by molar-refractivity contribution is 5.86. The fourth-order valence-electron chi connectivity index (χ4n) is 4.14. The molecule has 2 heterocycles. The Morgan fingerprint density at radius 2 is 1.74 bits per heavy atom. The van der Waals surface area contributed by atoms with Gasteiger partial charge in [0.15, 0.2) is 0 Å². The number of ether oxygens (including phenoxy) is 1. The lowest BCUT2D eigenvalue weighted by Crippen LogP contribution is -2.47. The maximum Gasteiger partial charge on any atom is 0.433 e. The van der Waals surface area contributed by atoms with Crippen molar-refractivity contribution < 1.29 is 41.0 Å². The van der Waals surface area contributed by atoms with Gasteiger partial charge in [-0.2, -0.15) is 26.3 Å². The topological polar surface area (TPSA) is 65.9 Å². The molecule has 1 aromatic carbocycles. The number of hydrogen-bond acceptors (Lipinski definition) is 6. The lowest BCUT2D eigenvalue weighted by molar-refractivity contribution is -0.143. The first-order valence-corrected chi connectivity index (χ1v) is 11.3. The summed E-state index contributed by atoms with van der Waals surface area (Å²) >= 11 is 0. The molecule has 0 radical (unpaired) electrons. The third-order valence-corrected chi connectivity index (χ3v) is 5.88. The van der Waals surface area contributed by atoms with E-state index in [2.05, 4.69) is 9.88 Å². The van der Waals surface area contributed by atoms with Crippen molar-refractivity contribution in [3.8, 4) is 0 Å². The van der Waals surface area contributed by atoms with Crippen LogP contribution in [-0.2, 0) is 21.9 Å². The second-order valence-electron chi connectivity index (χ2n) is 8.36. The van der Waals surface area contributed by atoms with Crippen LogP contribution in [0.15, 0.2) is 24.3 Å². The van der Waals surface area contributed by atoms with Crippen molar-refractivity contribution in [2.75, 3.05) is 45.9 Å². The summed E-state index contributed by atoms with van der Waals surface area (Å²) in [6, 6.07) is 3.62. The molecular formula is C23H27F6N3O3. The number of piperazine rings is 1. The Bertz CT molecular complexity index is 1020. The van der Waals surface area contributed by atoms with Gasteiger partial charge in [0, 0.05) is 44.5 Å². The summed E-state index contributed by atoms with van der Waals surface area (Å²) < 4.78 is 85.4. The summed E-state index contributed by atoms with van der Waals surface area (Å²) in [5.74, 6) is -0.259. The highest BCUT2D eigenvalue weighted by atomic mass is 19.4. The molecule has 0 saturated carbocycles. The van der Waals surface area contributed by atoms with E-state index in [1.165, 1.54) is 6.07 Å². The van der Waals surface area contributed by atoms with Gasteiger partial charge in [-0.3, -0.25) is 9.69 Å². The summed E-state index contributed by atoms with van der Waals surface area (Å²) in [7, 11) is 0. The van der Waals surface area contributed by atoms with Crippen LogP contribution >= 0.6 is 0 Å². The minimum absolute atomic E-state index is 0.0384. The third-order valence-electron chi connectivity index (χ3n) is 5.88. The first-order chi connectivity index (χ1) is 16.4. The highest BCUT2D eigenvalue weighted by Gasteiger charge is 2.38. The lowest BCUT2D eigenvalue weighted by atomic mass is 9.99. The van der Waals surface area contributed by atoms with E-state index in [0.717, 1.165) is 6.07 Å². The third kappa shape index (κ3) is 7.05. The molecular weight excluding hydrogens is 480 g/mol. The number of carbonyl (C=O) groups excluding carboxylic acids is 1. The van der Waals surface area contributed by atoms with E-state index in [4.69, 9.17) is 4.74 Å². The average molecular weight is 507 g/mol. The standard InChI is InChI=1S/C23H27F6N3O3/c1-2-35-20(34)7-4-8-31-9-11-32(12-10-31)14-18(33)16-13-19(23(27,28)29)30-21-15(16)5-3-6-17(21)22(24,25)26/h3,5-6,13,18,33H,2,4,7-12,14H2,1H3/t18-/m0/s1. The fourth-order valence-corrected chi connectivity index (χ4v) is 4.14. The van der Waals surface area contributed by atoms with Gasteiger partial charge >= 0.3 is 18.3 Å². The second-order valence-corrected chi connectivity index (χ2v) is 8.36. The molecule has 3 rings (SSSR count). The molecule has 1 aliphatic rings. The average Bonchev–Trinajstić information content (AvgIpc) is 2.78. The van der Waals surface area contributed by atoms with E-state index in [0.29, 0.717) is 64.3 Å². The zero-order chi connectivity index (χ0) is 25.8. The Morgan fingerprint density at radius 1 is 1.09 bits per heavy atom. The molecule has 0 amide bonds. The molecule has 1 aromatic heterocycles. The summed E-state index contributed by atoms with van der Waals surface area (Å²) in [6.07, 6.45) is -10.4. The number of halogens is 6. The molecule has 194 valence electrons. The van der Waals surface area contributed by atoms with Crippen LogP contribution in [0.1, 0.15) is 42.7 Å². The molecule has 1 aliphatic heterocycles. The first-order valence-electron chi connectivity index (χ1n) is 11.3. The van der Waals surface area contributed by atoms with Gasteiger partial charge in [0.25, 0.3) is 0 Å². The summed E-state index contributed by atoms with van der Waals surface area (Å²) in [5, 5.41) is 10.6. The molecule has 1 fully saturated rings. The van der Waals surface area contributed by atoms with Crippen molar-refractivity contribution in [1.29, 1.82) is 0 Å². The Hall–Kier alpha value is -2.44. The van der Waals surface area contributed by atoms with Gasteiger partial charge < -0.3 is 14.7 Å². The number of esters is 1. The highest BCUT2D eigenvalue weighted by Crippen LogP contribution is 2.39. The van der Waals surface area contributed by atoms with Crippen molar-refractivity contribution in [2.24, 2.45) is 0 Å². The van der Waals surface area contributed by atoms with Crippen molar-refractivity contribution in [1.82, 2.24) is 14.8 Å². The number of alkyl halides is 6. The lowest BCUT2D eigenvalue weighted by Gasteiger charge is -2.35. The van der Waals surface area contributed by atoms with Crippen LogP contribution in [-0.4, -0.2) is 71.7 Å². The molecule has 0 unspecified atom stereocenters. The monoisotopic (exact) mass is 507 g/mol. The number of para-hydroxylation sites is 1. The Labute approximate surface area is 198 Å². The Morgan fingerprint density at radius 3 is 2.34 bits per heavy atom. The van der Waals surface area contributed by atoms with E-state index < -0.39 is 35.2 Å². The SMILES string of the molecule is CCOC(=O)CCCN1CCN(C[C@H](O)c2cc(C(F)(F)F)nc3c(C(F)(F)F)cccc23)CC1. The van der Waals surface area contributed by atoms with Crippen LogP contribution in [0.25, 0.3) is 10.9 Å². The maximum absolute atomic E-state index is 13.4. The largest absolute Gasteiger partial charge is 0.466 e. The molecule has 2 aromatic rings. The first kappa shape index (κ1) is 27.2. The van der Waals surface area contributed by atoms with Crippen molar-refractivity contribution >= 4 is 16.9 Å². The molecule has 1 atom stereocenters. The predicted octanol–water partition coefficient (Wildman–Crippen LogP) is 4.27. The number of pyridine rings is 1. The molecule has 0 bridgehead atoms. The zero-order valence-corrected chi connectivity index (χ0v) is 19.1. The van der Waals surface area contributed by atoms with E-state index in [9.17, 15) is 36.2 Å². The molecule has 6 nitrogen and oxygen atoms in total. The number of hydrogen-bond donors (Lipinski definition) is 1. The minimum atomic E-state index is -4.98. The van der Waals surface area contributed by atoms with Gasteiger partial charge in [-0.25, -0.2) is 4.98 Å². The van der Waals surface area contributed by atoms with E-state index in [1.807, 2.05) is 4.90 Å². The minimum Gasteiger partial charge on any atom is -0.466 e. The molecule has 1 saturated heterocycles. The van der Waals surface area contributed by atoms with E-state index >= 15 is 0 Å². The van der Waals surface area contributed by atoms with E-state index in [1.54, 1.807) is 6.92 Å². The Kier molecular flexibility index (Phi) is 8.60. The smallest absolute Gasteiger partial charge is 0.433 e. The van der Waals surface area contributed by atoms with Crippen LogP contribution in [0.5, 0.6) is 0 Å². The number of aliphatic hydroxyl groups excluding tert-OH is 1. The maximum atomic E-state index is 13.4. The van der Waals surface area contributed by atoms with Gasteiger partial charge in [0.05, 0.1) is 23.8 Å². The predicted molar refractivity (Wildman–Crippen MR) is 115 cm³/mol. The number of benzene rings is 1. The summed E-state index contributed by atoms with van der Waals surface area (Å²) in [5.41, 5.74) is -3.85. The van der Waals surface area contributed by atoms with Crippen molar-refractivity contribution in [3.05, 3.63) is 41.1 Å². The van der Waals surface area contributed by atoms with Crippen LogP contribution in [0.2, 0.25) is 0 Å². The zero-order valence-electron chi connectivity index (χ0n) is 19.1. The van der Waals surface area contributed by atoms with Gasteiger partial charge in [0.1, 0.15) is 5.69 Å². The Balaban J connectivity index is 1.72. The molecule has 12 heteroatoms. The van der Waals surface area contributed by atoms with E-state index in [-0.39, 0.29) is 23.5 Å². The molecule has 1 N–H and O–H groups in total. The number of aliphatic hydroxyl groups is 1. The summed E-state index contributed by atoms with van der Waals surface area (Å²) in [6.45, 7) is 4.98. The van der Waals surface area contributed by atoms with Gasteiger partial charge in [-0.05, 0) is 37.6 Å². The summed E-state index contributed by atoms with van der Waals surface area (Å²) in [4.78, 5) is 18.7. The van der Waals surface area contributed by atoms with Gasteiger partial charge in [-0.1, -0.05) is 12.1 Å². The number of aromatic nitrogens is 1. The quantitative estimate of drug-likeness (QED) is 0.426. The number of carbonyl (C=O) groups is 1. The second kappa shape index (κ2) is 11.1. The van der Waals surface area contributed by atoms with Gasteiger partial charge in [-0.15, -0.1) is 0 Å². The van der Waals surface area contributed by atoms with Crippen LogP contribution < -0.4 is 0 Å². The number of rotatable bonds is 8. The van der Waals surface area contributed by atoms with Crippen LogP contribution in [0.3, 0.4) is 0 Å². The number of β-amino-alcohol motifs (C(OH)–C–C–N with tert-alkyl or cyclic N) is 1. The van der Waals surface area contributed by atoms with Gasteiger partial charge in [0.2, 0.25) is 0 Å². The van der Waals surface area contributed by atoms with Crippen molar-refractivity contribution in [2.45, 2.75) is 38.2 Å². The fraction of sp³-hybridized carbons (Fsp3) is 0.565. The number of fused-ring (bicyclic) bond motifs is 1.